The van der Waals surface area contributed by atoms with Gasteiger partial charge in [0.25, 0.3) is 0 Å². The Morgan fingerprint density at radius 2 is 1.87 bits per heavy atom. The van der Waals surface area contributed by atoms with E-state index in [1.807, 2.05) is 36.4 Å². The van der Waals surface area contributed by atoms with E-state index in [0.717, 1.165) is 22.1 Å². The zero-order valence-electron chi connectivity index (χ0n) is 13.5. The van der Waals surface area contributed by atoms with Gasteiger partial charge in [0.15, 0.2) is 11.5 Å². The summed E-state index contributed by atoms with van der Waals surface area (Å²) in [7, 11) is 1.64. The number of hydrogen-bond donors (Lipinski definition) is 1. The van der Waals surface area contributed by atoms with E-state index in [4.69, 9.17) is 21.1 Å². The highest BCUT2D eigenvalue weighted by Gasteiger charge is 2.11. The molecule has 0 amide bonds. The zero-order valence-corrected chi connectivity index (χ0v) is 15.9. The normalized spacial score (nSPS) is 10.9. The van der Waals surface area contributed by atoms with E-state index in [2.05, 4.69) is 35.1 Å². The quantitative estimate of drug-likeness (QED) is 0.696. The summed E-state index contributed by atoms with van der Waals surface area (Å²) in [6, 6.07) is 12.0. The number of nitrogens with one attached hydrogen (secondary N) is 1. The fraction of sp³-hybridized carbons (Fsp3) is 0.333. The molecule has 23 heavy (non-hydrogen) atoms. The average molecular weight is 399 g/mol. The predicted octanol–water partition coefficient (Wildman–Crippen LogP) is 5.19. The van der Waals surface area contributed by atoms with E-state index in [-0.39, 0.29) is 0 Å². The predicted molar refractivity (Wildman–Crippen MR) is 98.5 cm³/mol. The van der Waals surface area contributed by atoms with Crippen molar-refractivity contribution in [3.05, 3.63) is 57.0 Å². The van der Waals surface area contributed by atoms with Crippen LogP contribution in [0.5, 0.6) is 11.5 Å². The van der Waals surface area contributed by atoms with Gasteiger partial charge in [0.2, 0.25) is 0 Å². The van der Waals surface area contributed by atoms with Crippen molar-refractivity contribution in [3.8, 4) is 11.5 Å². The second-order valence-electron chi connectivity index (χ2n) is 5.51. The van der Waals surface area contributed by atoms with E-state index in [1.54, 1.807) is 7.11 Å². The van der Waals surface area contributed by atoms with E-state index >= 15 is 0 Å². The number of methoxy groups -OCH3 is 1. The van der Waals surface area contributed by atoms with Gasteiger partial charge in [-0.25, -0.2) is 0 Å². The average Bonchev–Trinajstić information content (AvgIpc) is 2.53. The van der Waals surface area contributed by atoms with Crippen LogP contribution in [0.15, 0.2) is 40.9 Å². The molecule has 0 aliphatic rings. The molecule has 0 unspecified atom stereocenters. The highest BCUT2D eigenvalue weighted by molar-refractivity contribution is 9.10. The first kappa shape index (κ1) is 18.1. The monoisotopic (exact) mass is 397 g/mol. The molecule has 0 spiro atoms. The maximum Gasteiger partial charge on any atom is 0.162 e. The molecule has 2 aromatic rings. The molecule has 5 heteroatoms. The molecule has 0 saturated heterocycles. The number of benzene rings is 2. The van der Waals surface area contributed by atoms with Crippen molar-refractivity contribution in [2.75, 3.05) is 7.11 Å². The van der Waals surface area contributed by atoms with E-state index in [0.29, 0.717) is 29.2 Å². The molecule has 2 aromatic carbocycles. The molecule has 0 aliphatic heterocycles. The third-order valence-corrected chi connectivity index (χ3v) is 4.48. The Bertz CT molecular complexity index is 661. The largest absolute Gasteiger partial charge is 0.493 e. The van der Waals surface area contributed by atoms with Gasteiger partial charge in [-0.15, -0.1) is 0 Å². The fourth-order valence-corrected chi connectivity index (χ4v) is 2.72. The van der Waals surface area contributed by atoms with Gasteiger partial charge < -0.3 is 14.8 Å². The Kier molecular flexibility index (Phi) is 6.75. The molecule has 0 atom stereocenters. The summed E-state index contributed by atoms with van der Waals surface area (Å²) >= 11 is 9.76. The molecular formula is C18H21BrClNO2. The summed E-state index contributed by atoms with van der Waals surface area (Å²) in [6.45, 7) is 5.39. The summed E-state index contributed by atoms with van der Waals surface area (Å²) in [4.78, 5) is 0. The Balaban J connectivity index is 2.15. The van der Waals surface area contributed by atoms with Crippen LogP contribution in [-0.2, 0) is 13.2 Å². The van der Waals surface area contributed by atoms with E-state index < -0.39 is 0 Å². The maximum absolute atomic E-state index is 6.16. The molecule has 0 radical (unpaired) electrons. The van der Waals surface area contributed by atoms with Crippen molar-refractivity contribution < 1.29 is 9.47 Å². The first-order valence-electron chi connectivity index (χ1n) is 7.47. The molecule has 0 fully saturated rings. The molecule has 3 nitrogen and oxygen atoms in total. The molecule has 124 valence electrons. The van der Waals surface area contributed by atoms with Gasteiger partial charge in [0, 0.05) is 27.6 Å². The van der Waals surface area contributed by atoms with Gasteiger partial charge in [-0.05, 0) is 23.8 Å². The molecule has 0 saturated carbocycles. The van der Waals surface area contributed by atoms with Gasteiger partial charge in [0.1, 0.15) is 6.61 Å². The summed E-state index contributed by atoms with van der Waals surface area (Å²) in [5, 5.41) is 4.09. The third-order valence-electron chi connectivity index (χ3n) is 3.37. The van der Waals surface area contributed by atoms with Gasteiger partial charge in [-0.3, -0.25) is 0 Å². The Hall–Kier alpha value is -1.23. The molecule has 0 aromatic heterocycles. The Labute approximate surface area is 151 Å². The van der Waals surface area contributed by atoms with Crippen LogP contribution in [0.2, 0.25) is 5.02 Å². The SMILES string of the molecule is COc1cc(CNC(C)C)c(Br)cc1OCc1ccccc1Cl. The smallest absolute Gasteiger partial charge is 0.162 e. The zero-order chi connectivity index (χ0) is 16.8. The molecule has 2 rings (SSSR count). The number of hydrogen-bond acceptors (Lipinski definition) is 3. The maximum atomic E-state index is 6.16. The molecule has 0 aliphatic carbocycles. The molecule has 0 heterocycles. The van der Waals surface area contributed by atoms with Crippen molar-refractivity contribution in [1.82, 2.24) is 5.32 Å². The first-order valence-corrected chi connectivity index (χ1v) is 8.64. The van der Waals surface area contributed by atoms with Crippen LogP contribution in [-0.4, -0.2) is 13.2 Å². The van der Waals surface area contributed by atoms with Crippen LogP contribution in [0.1, 0.15) is 25.0 Å². The lowest BCUT2D eigenvalue weighted by molar-refractivity contribution is 0.284. The van der Waals surface area contributed by atoms with Gasteiger partial charge in [-0.2, -0.15) is 0 Å². The van der Waals surface area contributed by atoms with Crippen LogP contribution >= 0.6 is 27.5 Å². The number of ether oxygens (including phenoxy) is 2. The van der Waals surface area contributed by atoms with E-state index in [9.17, 15) is 0 Å². The van der Waals surface area contributed by atoms with Crippen LogP contribution < -0.4 is 14.8 Å². The van der Waals surface area contributed by atoms with Crippen molar-refractivity contribution >= 4 is 27.5 Å². The Morgan fingerprint density at radius 3 is 2.52 bits per heavy atom. The molecule has 0 bridgehead atoms. The van der Waals surface area contributed by atoms with Crippen molar-refractivity contribution in [1.29, 1.82) is 0 Å². The van der Waals surface area contributed by atoms with Crippen molar-refractivity contribution in [2.45, 2.75) is 33.0 Å². The van der Waals surface area contributed by atoms with Crippen LogP contribution in [0.4, 0.5) is 0 Å². The van der Waals surface area contributed by atoms with Crippen LogP contribution in [0.25, 0.3) is 0 Å². The topological polar surface area (TPSA) is 30.5 Å². The first-order chi connectivity index (χ1) is 11.0. The second-order valence-corrected chi connectivity index (χ2v) is 6.77. The summed E-state index contributed by atoms with van der Waals surface area (Å²) < 4.78 is 12.3. The highest BCUT2D eigenvalue weighted by atomic mass is 79.9. The molecule has 1 N–H and O–H groups in total. The minimum Gasteiger partial charge on any atom is -0.493 e. The third kappa shape index (κ3) is 5.13. The Morgan fingerprint density at radius 1 is 1.13 bits per heavy atom. The summed E-state index contributed by atoms with van der Waals surface area (Å²) in [6.07, 6.45) is 0. The lowest BCUT2D eigenvalue weighted by Crippen LogP contribution is -2.22. The van der Waals surface area contributed by atoms with E-state index in [1.165, 1.54) is 0 Å². The molecular weight excluding hydrogens is 378 g/mol. The van der Waals surface area contributed by atoms with Crippen LogP contribution in [0.3, 0.4) is 0 Å². The highest BCUT2D eigenvalue weighted by Crippen LogP contribution is 2.34. The minimum absolute atomic E-state index is 0.395. The van der Waals surface area contributed by atoms with Crippen molar-refractivity contribution in [2.24, 2.45) is 0 Å². The van der Waals surface area contributed by atoms with Crippen LogP contribution in [0, 0.1) is 0 Å². The minimum atomic E-state index is 0.395. The standard InChI is InChI=1S/C18H21BrClNO2/c1-12(2)21-10-14-8-17(22-3)18(9-15(14)19)23-11-13-6-4-5-7-16(13)20/h4-9,12,21H,10-11H2,1-3H3. The number of halogens is 2. The lowest BCUT2D eigenvalue weighted by atomic mass is 10.2. The van der Waals surface area contributed by atoms with Gasteiger partial charge >= 0.3 is 0 Å². The number of rotatable bonds is 7. The summed E-state index contributed by atoms with van der Waals surface area (Å²) in [5.74, 6) is 1.40. The van der Waals surface area contributed by atoms with Gasteiger partial charge in [-0.1, -0.05) is 59.6 Å². The van der Waals surface area contributed by atoms with Gasteiger partial charge in [0.05, 0.1) is 7.11 Å². The fourth-order valence-electron chi connectivity index (χ4n) is 2.07. The summed E-state index contributed by atoms with van der Waals surface area (Å²) in [5.41, 5.74) is 2.07. The van der Waals surface area contributed by atoms with Crippen molar-refractivity contribution in [3.63, 3.8) is 0 Å². The lowest BCUT2D eigenvalue weighted by Gasteiger charge is -2.15. The second kappa shape index (κ2) is 8.57.